The second-order valence-corrected chi connectivity index (χ2v) is 5.05. The smallest absolute Gasteiger partial charge is 0.219 e. The molecule has 0 aliphatic carbocycles. The Bertz CT molecular complexity index is 222. The lowest BCUT2D eigenvalue weighted by molar-refractivity contribution is -0.132. The van der Waals surface area contributed by atoms with Gasteiger partial charge in [0.2, 0.25) is 5.91 Å². The Labute approximate surface area is 99.2 Å². The summed E-state index contributed by atoms with van der Waals surface area (Å²) in [4.78, 5) is 18.1. The van der Waals surface area contributed by atoms with E-state index in [-0.39, 0.29) is 5.91 Å². The zero-order chi connectivity index (χ0) is 12.1. The minimum Gasteiger partial charge on any atom is -0.339 e. The molecule has 94 valence electrons. The van der Waals surface area contributed by atoms with Crippen LogP contribution in [0.5, 0.6) is 0 Å². The van der Waals surface area contributed by atoms with Gasteiger partial charge in [0.1, 0.15) is 0 Å². The summed E-state index contributed by atoms with van der Waals surface area (Å²) in [5.74, 6) is 0.219. The monoisotopic (exact) mass is 227 g/mol. The molecule has 1 heterocycles. The molecule has 0 unspecified atom stereocenters. The van der Waals surface area contributed by atoms with Crippen LogP contribution < -0.4 is 0 Å². The molecule has 0 saturated carbocycles. The Morgan fingerprint density at radius 2 is 1.81 bits per heavy atom. The SMILES string of the molecule is CC(=O)N(CCN(C)C)C1CCN(C)CC1. The maximum Gasteiger partial charge on any atom is 0.219 e. The molecule has 0 radical (unpaired) electrons. The van der Waals surface area contributed by atoms with Crippen molar-refractivity contribution in [2.75, 3.05) is 47.3 Å². The molecule has 4 nitrogen and oxygen atoms in total. The zero-order valence-corrected chi connectivity index (χ0v) is 11.1. The van der Waals surface area contributed by atoms with Crippen LogP contribution in [0.4, 0.5) is 0 Å². The van der Waals surface area contributed by atoms with Gasteiger partial charge in [0, 0.05) is 26.1 Å². The highest BCUT2D eigenvalue weighted by Gasteiger charge is 2.24. The normalized spacial score (nSPS) is 19.1. The first-order valence-electron chi connectivity index (χ1n) is 6.11. The van der Waals surface area contributed by atoms with E-state index in [4.69, 9.17) is 0 Å². The molecule has 1 rings (SSSR count). The average Bonchev–Trinajstić information content (AvgIpc) is 2.20. The molecule has 16 heavy (non-hydrogen) atoms. The number of amides is 1. The van der Waals surface area contributed by atoms with Gasteiger partial charge in [0.25, 0.3) is 0 Å². The summed E-state index contributed by atoms with van der Waals surface area (Å²) in [7, 11) is 6.24. The first kappa shape index (κ1) is 13.5. The predicted octanol–water partition coefficient (Wildman–Crippen LogP) is 0.491. The average molecular weight is 227 g/mol. The number of likely N-dealkylation sites (tertiary alicyclic amines) is 1. The summed E-state index contributed by atoms with van der Waals surface area (Å²) in [5, 5.41) is 0. The fraction of sp³-hybridized carbons (Fsp3) is 0.917. The Morgan fingerprint density at radius 3 is 2.25 bits per heavy atom. The highest BCUT2D eigenvalue weighted by atomic mass is 16.2. The van der Waals surface area contributed by atoms with Gasteiger partial charge in [-0.1, -0.05) is 0 Å². The lowest BCUT2D eigenvalue weighted by atomic mass is 10.0. The van der Waals surface area contributed by atoms with Crippen LogP contribution in [0.2, 0.25) is 0 Å². The third kappa shape index (κ3) is 4.10. The number of rotatable bonds is 4. The zero-order valence-electron chi connectivity index (χ0n) is 11.1. The van der Waals surface area contributed by atoms with E-state index in [2.05, 4.69) is 16.8 Å². The molecule has 0 aromatic carbocycles. The molecular formula is C12H25N3O. The molecule has 1 saturated heterocycles. The van der Waals surface area contributed by atoms with E-state index in [1.54, 1.807) is 6.92 Å². The molecule has 0 spiro atoms. The summed E-state index contributed by atoms with van der Waals surface area (Å²) in [6.07, 6.45) is 2.23. The number of piperidine rings is 1. The van der Waals surface area contributed by atoms with Gasteiger partial charge >= 0.3 is 0 Å². The lowest BCUT2D eigenvalue weighted by Gasteiger charge is -2.37. The fourth-order valence-corrected chi connectivity index (χ4v) is 2.21. The van der Waals surface area contributed by atoms with Crippen molar-refractivity contribution in [1.82, 2.24) is 14.7 Å². The van der Waals surface area contributed by atoms with Crippen LogP contribution in [0.1, 0.15) is 19.8 Å². The van der Waals surface area contributed by atoms with Gasteiger partial charge in [-0.05, 0) is 47.1 Å². The lowest BCUT2D eigenvalue weighted by Crippen LogP contribution is -2.47. The maximum absolute atomic E-state index is 11.6. The Hall–Kier alpha value is -0.610. The fourth-order valence-electron chi connectivity index (χ4n) is 2.21. The van der Waals surface area contributed by atoms with E-state index in [9.17, 15) is 4.79 Å². The van der Waals surface area contributed by atoms with Crippen molar-refractivity contribution in [1.29, 1.82) is 0 Å². The van der Waals surface area contributed by atoms with Crippen molar-refractivity contribution in [2.45, 2.75) is 25.8 Å². The summed E-state index contributed by atoms with van der Waals surface area (Å²) in [5.41, 5.74) is 0. The van der Waals surface area contributed by atoms with Gasteiger partial charge in [0.15, 0.2) is 0 Å². The van der Waals surface area contributed by atoms with Gasteiger partial charge < -0.3 is 14.7 Å². The first-order valence-corrected chi connectivity index (χ1v) is 6.11. The molecule has 0 aromatic rings. The van der Waals surface area contributed by atoms with Crippen molar-refractivity contribution in [3.05, 3.63) is 0 Å². The van der Waals surface area contributed by atoms with E-state index >= 15 is 0 Å². The summed E-state index contributed by atoms with van der Waals surface area (Å²) < 4.78 is 0. The van der Waals surface area contributed by atoms with Crippen LogP contribution >= 0.6 is 0 Å². The van der Waals surface area contributed by atoms with Gasteiger partial charge in [-0.25, -0.2) is 0 Å². The quantitative estimate of drug-likeness (QED) is 0.699. The third-order valence-electron chi connectivity index (χ3n) is 3.32. The van der Waals surface area contributed by atoms with Crippen molar-refractivity contribution in [3.63, 3.8) is 0 Å². The van der Waals surface area contributed by atoms with Crippen LogP contribution in [-0.2, 0) is 4.79 Å². The molecule has 1 amide bonds. The molecule has 1 fully saturated rings. The molecule has 0 N–H and O–H groups in total. The van der Waals surface area contributed by atoms with E-state index < -0.39 is 0 Å². The molecule has 0 bridgehead atoms. The standard InChI is InChI=1S/C12H25N3O/c1-11(16)15(10-9-13(2)3)12-5-7-14(4)8-6-12/h12H,5-10H2,1-4H3. The maximum atomic E-state index is 11.6. The molecule has 1 aliphatic rings. The van der Waals surface area contributed by atoms with Gasteiger partial charge in [0.05, 0.1) is 0 Å². The number of likely N-dealkylation sites (N-methyl/N-ethyl adjacent to an activating group) is 1. The summed E-state index contributed by atoms with van der Waals surface area (Å²) in [6.45, 7) is 5.71. The second-order valence-electron chi connectivity index (χ2n) is 5.05. The number of hydrogen-bond acceptors (Lipinski definition) is 3. The van der Waals surface area contributed by atoms with Crippen molar-refractivity contribution >= 4 is 5.91 Å². The third-order valence-corrected chi connectivity index (χ3v) is 3.32. The summed E-state index contributed by atoms with van der Waals surface area (Å²) in [6, 6.07) is 0.452. The first-order chi connectivity index (χ1) is 7.50. The number of carbonyl (C=O) groups is 1. The highest BCUT2D eigenvalue weighted by molar-refractivity contribution is 5.73. The van der Waals surface area contributed by atoms with Crippen molar-refractivity contribution < 1.29 is 4.79 Å². The Balaban J connectivity index is 2.46. The van der Waals surface area contributed by atoms with Crippen LogP contribution in [-0.4, -0.2) is 74.0 Å². The number of carbonyl (C=O) groups excluding carboxylic acids is 1. The second kappa shape index (κ2) is 6.21. The van der Waals surface area contributed by atoms with E-state index in [0.717, 1.165) is 39.0 Å². The van der Waals surface area contributed by atoms with Crippen LogP contribution in [0.3, 0.4) is 0 Å². The number of hydrogen-bond donors (Lipinski definition) is 0. The predicted molar refractivity (Wildman–Crippen MR) is 66.5 cm³/mol. The van der Waals surface area contributed by atoms with Gasteiger partial charge in [-0.3, -0.25) is 4.79 Å². The molecule has 0 atom stereocenters. The van der Waals surface area contributed by atoms with Crippen LogP contribution in [0, 0.1) is 0 Å². The van der Waals surface area contributed by atoms with E-state index in [1.807, 2.05) is 19.0 Å². The number of nitrogens with zero attached hydrogens (tertiary/aromatic N) is 3. The summed E-state index contributed by atoms with van der Waals surface area (Å²) >= 11 is 0. The topological polar surface area (TPSA) is 26.8 Å². The molecule has 1 aliphatic heterocycles. The van der Waals surface area contributed by atoms with Crippen molar-refractivity contribution in [3.8, 4) is 0 Å². The highest BCUT2D eigenvalue weighted by Crippen LogP contribution is 2.15. The Kier molecular flexibility index (Phi) is 5.22. The van der Waals surface area contributed by atoms with Crippen LogP contribution in [0.15, 0.2) is 0 Å². The minimum atomic E-state index is 0.219. The Morgan fingerprint density at radius 1 is 1.25 bits per heavy atom. The molecule has 4 heteroatoms. The van der Waals surface area contributed by atoms with Gasteiger partial charge in [-0.2, -0.15) is 0 Å². The minimum absolute atomic E-state index is 0.219. The molecular weight excluding hydrogens is 202 g/mol. The van der Waals surface area contributed by atoms with E-state index in [1.165, 1.54) is 0 Å². The largest absolute Gasteiger partial charge is 0.339 e. The molecule has 0 aromatic heterocycles. The van der Waals surface area contributed by atoms with E-state index in [0.29, 0.717) is 6.04 Å². The van der Waals surface area contributed by atoms with Gasteiger partial charge in [-0.15, -0.1) is 0 Å². The van der Waals surface area contributed by atoms with Crippen molar-refractivity contribution in [2.24, 2.45) is 0 Å². The van der Waals surface area contributed by atoms with Crippen LogP contribution in [0.25, 0.3) is 0 Å².